The van der Waals surface area contributed by atoms with E-state index in [0.717, 1.165) is 0 Å². The van der Waals surface area contributed by atoms with Gasteiger partial charge < -0.3 is 26.6 Å². The van der Waals surface area contributed by atoms with Crippen molar-refractivity contribution in [1.29, 1.82) is 0 Å². The number of carbonyl (C=O) groups is 1. The van der Waals surface area contributed by atoms with E-state index in [1.54, 1.807) is 6.07 Å². The summed E-state index contributed by atoms with van der Waals surface area (Å²) in [5, 5.41) is 24.2. The number of pyridine rings is 2. The Labute approximate surface area is 176 Å². The fraction of sp³-hybridized carbons (Fsp3) is 0.150. The van der Waals surface area contributed by atoms with Gasteiger partial charge in [-0.3, -0.25) is 14.8 Å². The third-order valence-electron chi connectivity index (χ3n) is 4.25. The molecule has 0 aliphatic heterocycles. The molecule has 1 aromatic carbocycles. The van der Waals surface area contributed by atoms with Gasteiger partial charge in [0.2, 0.25) is 0 Å². The summed E-state index contributed by atoms with van der Waals surface area (Å²) in [4.78, 5) is 20.6. The quantitative estimate of drug-likeness (QED) is 0.387. The highest BCUT2D eigenvalue weighted by molar-refractivity contribution is 6.30. The number of benzene rings is 1. The van der Waals surface area contributed by atoms with E-state index in [0.29, 0.717) is 22.1 Å². The molecular formula is C20H19ClFN5O3. The highest BCUT2D eigenvalue weighted by Gasteiger charge is 2.17. The molecule has 8 nitrogen and oxygen atoms in total. The smallest absolute Gasteiger partial charge is 0.255 e. The Morgan fingerprint density at radius 3 is 2.67 bits per heavy atom. The molecule has 0 radical (unpaired) electrons. The van der Waals surface area contributed by atoms with Gasteiger partial charge in [0.05, 0.1) is 53.8 Å². The van der Waals surface area contributed by atoms with E-state index in [1.165, 1.54) is 42.9 Å². The average molecular weight is 432 g/mol. The van der Waals surface area contributed by atoms with Crippen LogP contribution in [0.3, 0.4) is 0 Å². The first kappa shape index (κ1) is 21.4. The molecule has 3 aromatic rings. The Hall–Kier alpha value is -3.27. The predicted molar refractivity (Wildman–Crippen MR) is 112 cm³/mol. The standard InChI is InChI=1S/C20H19ClFN5O3/c21-11-1-2-15(22)13(5-11)18-6-19(16(23)8-25-18)27-17-3-4-24-7-14(17)20(30)26-12(9-28)10-29/h1-8,12,28-29H,9-10,23H2,(H,26,30)(H,24,25,27). The highest BCUT2D eigenvalue weighted by atomic mass is 35.5. The molecule has 0 fully saturated rings. The van der Waals surface area contributed by atoms with Crippen molar-refractivity contribution >= 4 is 34.6 Å². The summed E-state index contributed by atoms with van der Waals surface area (Å²) in [6.45, 7) is -0.839. The molecule has 10 heteroatoms. The average Bonchev–Trinajstić information content (AvgIpc) is 2.75. The molecule has 0 aliphatic rings. The van der Waals surface area contributed by atoms with Crippen LogP contribution in [0.5, 0.6) is 0 Å². The molecule has 0 atom stereocenters. The number of hydrogen-bond acceptors (Lipinski definition) is 7. The largest absolute Gasteiger partial charge is 0.396 e. The van der Waals surface area contributed by atoms with Crippen LogP contribution in [0.25, 0.3) is 11.3 Å². The van der Waals surface area contributed by atoms with Gasteiger partial charge in [-0.05, 0) is 30.3 Å². The van der Waals surface area contributed by atoms with Gasteiger partial charge in [-0.15, -0.1) is 0 Å². The molecule has 0 bridgehead atoms. The fourth-order valence-corrected chi connectivity index (χ4v) is 2.83. The SMILES string of the molecule is Nc1cnc(-c2cc(Cl)ccc2F)cc1Nc1ccncc1C(=O)NC(CO)CO. The lowest BCUT2D eigenvalue weighted by Crippen LogP contribution is -2.40. The number of rotatable bonds is 7. The zero-order valence-electron chi connectivity index (χ0n) is 15.6. The van der Waals surface area contributed by atoms with Crippen molar-refractivity contribution in [2.24, 2.45) is 0 Å². The number of nitrogens with two attached hydrogens (primary N) is 1. The van der Waals surface area contributed by atoms with Crippen molar-refractivity contribution in [3.8, 4) is 11.3 Å². The molecule has 2 aromatic heterocycles. The summed E-state index contributed by atoms with van der Waals surface area (Å²) in [6.07, 6.45) is 4.18. The molecule has 2 heterocycles. The molecule has 6 N–H and O–H groups in total. The lowest BCUT2D eigenvalue weighted by molar-refractivity contribution is 0.0880. The summed E-state index contributed by atoms with van der Waals surface area (Å²) in [5.74, 6) is -1.04. The Balaban J connectivity index is 1.94. The molecule has 0 unspecified atom stereocenters. The number of nitrogen functional groups attached to an aromatic ring is 1. The minimum Gasteiger partial charge on any atom is -0.396 e. The second-order valence-electron chi connectivity index (χ2n) is 6.36. The van der Waals surface area contributed by atoms with Gasteiger partial charge in [0.15, 0.2) is 0 Å². The van der Waals surface area contributed by atoms with E-state index in [2.05, 4.69) is 20.6 Å². The molecule has 156 valence electrons. The topological polar surface area (TPSA) is 133 Å². The molecule has 0 aliphatic carbocycles. The molecular weight excluding hydrogens is 413 g/mol. The highest BCUT2D eigenvalue weighted by Crippen LogP contribution is 2.31. The van der Waals surface area contributed by atoms with E-state index in [4.69, 9.17) is 17.3 Å². The number of nitrogens with zero attached hydrogens (tertiary/aromatic N) is 2. The van der Waals surface area contributed by atoms with Crippen LogP contribution >= 0.6 is 11.6 Å². The fourth-order valence-electron chi connectivity index (χ4n) is 2.66. The van der Waals surface area contributed by atoms with Gasteiger partial charge >= 0.3 is 0 Å². The lowest BCUT2D eigenvalue weighted by Gasteiger charge is -2.17. The number of aliphatic hydroxyl groups excluding tert-OH is 2. The zero-order valence-corrected chi connectivity index (χ0v) is 16.4. The van der Waals surface area contributed by atoms with Gasteiger partial charge in [-0.2, -0.15) is 0 Å². The van der Waals surface area contributed by atoms with Gasteiger partial charge in [-0.25, -0.2) is 4.39 Å². The maximum atomic E-state index is 14.2. The van der Waals surface area contributed by atoms with Crippen molar-refractivity contribution in [3.63, 3.8) is 0 Å². The summed E-state index contributed by atoms with van der Waals surface area (Å²) < 4.78 is 14.2. The van der Waals surface area contributed by atoms with Crippen LogP contribution < -0.4 is 16.4 Å². The number of nitrogens with one attached hydrogen (secondary N) is 2. The maximum Gasteiger partial charge on any atom is 0.255 e. The monoisotopic (exact) mass is 431 g/mol. The van der Waals surface area contributed by atoms with Crippen molar-refractivity contribution in [1.82, 2.24) is 15.3 Å². The Bertz CT molecular complexity index is 1060. The normalized spacial score (nSPS) is 10.8. The van der Waals surface area contributed by atoms with E-state index in [-0.39, 0.29) is 16.8 Å². The number of aliphatic hydroxyl groups is 2. The first-order chi connectivity index (χ1) is 14.4. The van der Waals surface area contributed by atoms with Crippen molar-refractivity contribution in [2.75, 3.05) is 24.3 Å². The number of hydrogen-bond donors (Lipinski definition) is 5. The molecule has 3 rings (SSSR count). The van der Waals surface area contributed by atoms with E-state index < -0.39 is 31.0 Å². The zero-order chi connectivity index (χ0) is 21.7. The summed E-state index contributed by atoms with van der Waals surface area (Å²) in [7, 11) is 0. The second kappa shape index (κ2) is 9.49. The van der Waals surface area contributed by atoms with Crippen LogP contribution in [-0.4, -0.2) is 45.3 Å². The number of halogens is 2. The first-order valence-corrected chi connectivity index (χ1v) is 9.25. The molecule has 0 saturated heterocycles. The number of carbonyl (C=O) groups excluding carboxylic acids is 1. The van der Waals surface area contributed by atoms with Crippen molar-refractivity contribution in [2.45, 2.75) is 6.04 Å². The van der Waals surface area contributed by atoms with Crippen LogP contribution in [0.15, 0.2) is 48.9 Å². The Morgan fingerprint density at radius 2 is 1.93 bits per heavy atom. The minimum atomic E-state index is -0.811. The predicted octanol–water partition coefficient (Wildman–Crippen LogP) is 2.34. The lowest BCUT2D eigenvalue weighted by atomic mass is 10.1. The number of anilines is 3. The first-order valence-electron chi connectivity index (χ1n) is 8.87. The van der Waals surface area contributed by atoms with Crippen LogP contribution in [0.2, 0.25) is 5.02 Å². The maximum absolute atomic E-state index is 14.2. The summed E-state index contributed by atoms with van der Waals surface area (Å²) in [6, 6.07) is 6.41. The van der Waals surface area contributed by atoms with Gasteiger partial charge in [0.1, 0.15) is 5.82 Å². The van der Waals surface area contributed by atoms with E-state index in [1.807, 2.05) is 0 Å². The summed E-state index contributed by atoms with van der Waals surface area (Å²) >= 11 is 5.97. The Morgan fingerprint density at radius 1 is 1.17 bits per heavy atom. The molecule has 30 heavy (non-hydrogen) atoms. The molecule has 0 saturated carbocycles. The van der Waals surface area contributed by atoms with Crippen LogP contribution in [0, 0.1) is 5.82 Å². The van der Waals surface area contributed by atoms with Gasteiger partial charge in [0, 0.05) is 23.0 Å². The van der Waals surface area contributed by atoms with Crippen LogP contribution in [0.4, 0.5) is 21.5 Å². The van der Waals surface area contributed by atoms with Gasteiger partial charge in [-0.1, -0.05) is 11.6 Å². The van der Waals surface area contributed by atoms with Crippen LogP contribution in [-0.2, 0) is 0 Å². The van der Waals surface area contributed by atoms with Crippen molar-refractivity contribution < 1.29 is 19.4 Å². The Kier molecular flexibility index (Phi) is 6.78. The van der Waals surface area contributed by atoms with Crippen molar-refractivity contribution in [3.05, 3.63) is 65.3 Å². The van der Waals surface area contributed by atoms with E-state index >= 15 is 0 Å². The summed E-state index contributed by atoms with van der Waals surface area (Å²) in [5.41, 5.74) is 7.70. The number of aromatic nitrogens is 2. The second-order valence-corrected chi connectivity index (χ2v) is 6.80. The molecule has 0 spiro atoms. The number of amides is 1. The third-order valence-corrected chi connectivity index (χ3v) is 4.49. The molecule has 1 amide bonds. The third kappa shape index (κ3) is 4.82. The van der Waals surface area contributed by atoms with E-state index in [9.17, 15) is 19.4 Å². The van der Waals surface area contributed by atoms with Gasteiger partial charge in [0.25, 0.3) is 5.91 Å². The van der Waals surface area contributed by atoms with Crippen LogP contribution in [0.1, 0.15) is 10.4 Å². The minimum absolute atomic E-state index is 0.163.